The maximum atomic E-state index is 12.7. The van der Waals surface area contributed by atoms with Gasteiger partial charge in [0.05, 0.1) is 29.4 Å². The highest BCUT2D eigenvalue weighted by atomic mass is 32.2. The summed E-state index contributed by atoms with van der Waals surface area (Å²) in [6.45, 7) is 5.35. The molecule has 0 radical (unpaired) electrons. The highest BCUT2D eigenvalue weighted by molar-refractivity contribution is 7.89. The number of benzene rings is 1. The average molecular weight is 396 g/mol. The van der Waals surface area contributed by atoms with E-state index in [-0.39, 0.29) is 17.4 Å². The number of anilines is 1. The van der Waals surface area contributed by atoms with Crippen molar-refractivity contribution in [2.75, 3.05) is 43.1 Å². The molecule has 1 aromatic carbocycles. The summed E-state index contributed by atoms with van der Waals surface area (Å²) < 4.78 is 36.7. The smallest absolute Gasteiger partial charge is 0.414 e. The molecule has 2 heterocycles. The Morgan fingerprint density at radius 3 is 2.56 bits per heavy atom. The number of aromatic nitrogens is 2. The summed E-state index contributed by atoms with van der Waals surface area (Å²) in [5, 5.41) is 8.08. The van der Waals surface area contributed by atoms with Gasteiger partial charge in [-0.25, -0.2) is 13.2 Å². The first-order chi connectivity index (χ1) is 12.9. The second-order valence-corrected chi connectivity index (χ2v) is 7.94. The first-order valence-corrected chi connectivity index (χ1v) is 9.98. The van der Waals surface area contributed by atoms with E-state index < -0.39 is 16.1 Å². The van der Waals surface area contributed by atoms with E-state index in [1.807, 2.05) is 11.9 Å². The molecule has 0 saturated carbocycles. The molecular weight excluding hydrogens is 374 g/mol. The first kappa shape index (κ1) is 19.1. The lowest BCUT2D eigenvalue weighted by Crippen LogP contribution is -2.65. The van der Waals surface area contributed by atoms with Gasteiger partial charge in [-0.1, -0.05) is 17.7 Å². The van der Waals surface area contributed by atoms with Crippen LogP contribution in [0.5, 0.6) is 0 Å². The molecule has 1 fully saturated rings. The fourth-order valence-electron chi connectivity index (χ4n) is 2.68. The molecule has 10 nitrogen and oxygen atoms in total. The van der Waals surface area contributed by atoms with E-state index in [0.717, 1.165) is 5.56 Å². The zero-order valence-electron chi connectivity index (χ0n) is 15.2. The van der Waals surface area contributed by atoms with Gasteiger partial charge < -0.3 is 4.74 Å². The Hall–Kier alpha value is -2.66. The largest absolute Gasteiger partial charge is 0.450 e. The average Bonchev–Trinajstić information content (AvgIpc) is 3.11. The number of hydrogen-bond donors (Lipinski definition) is 1. The van der Waals surface area contributed by atoms with E-state index in [4.69, 9.17) is 9.26 Å². The molecule has 146 valence electrons. The van der Waals surface area contributed by atoms with E-state index in [0.29, 0.717) is 26.2 Å². The number of carbonyl (C=O) groups excluding carboxylic acids is 1. The number of rotatable bonds is 5. The molecule has 2 aromatic rings. The summed E-state index contributed by atoms with van der Waals surface area (Å²) in [6.07, 6.45) is 0.871. The van der Waals surface area contributed by atoms with Crippen LogP contribution in [-0.4, -0.2) is 56.9 Å². The summed E-state index contributed by atoms with van der Waals surface area (Å²) in [4.78, 5) is 13.1. The topological polar surface area (TPSA) is 109 Å². The Morgan fingerprint density at radius 1 is 1.26 bits per heavy atom. The Balaban J connectivity index is 1.61. The van der Waals surface area contributed by atoms with Crippen LogP contribution >= 0.6 is 0 Å². The van der Waals surface area contributed by atoms with E-state index in [1.54, 1.807) is 31.2 Å². The van der Waals surface area contributed by atoms with Crippen molar-refractivity contribution in [1.82, 2.24) is 9.58 Å². The van der Waals surface area contributed by atoms with E-state index >= 15 is 0 Å². The lowest BCUT2D eigenvalue weighted by molar-refractivity contribution is -0.759. The van der Waals surface area contributed by atoms with Gasteiger partial charge in [-0.2, -0.15) is 9.31 Å². The number of ether oxygens (including phenoxy) is 1. The molecule has 1 aliphatic rings. The molecule has 1 aromatic heterocycles. The van der Waals surface area contributed by atoms with E-state index in [9.17, 15) is 13.2 Å². The Kier molecular flexibility index (Phi) is 5.61. The summed E-state index contributed by atoms with van der Waals surface area (Å²) in [6, 6.07) is 6.81. The maximum Gasteiger partial charge on any atom is 0.414 e. The highest BCUT2D eigenvalue weighted by Crippen LogP contribution is 2.17. The Labute approximate surface area is 157 Å². The van der Waals surface area contributed by atoms with E-state index in [2.05, 4.69) is 10.6 Å². The van der Waals surface area contributed by atoms with Gasteiger partial charge in [-0.3, -0.25) is 9.84 Å². The van der Waals surface area contributed by atoms with Crippen LogP contribution in [0.1, 0.15) is 12.5 Å². The van der Waals surface area contributed by atoms with Gasteiger partial charge in [0.15, 0.2) is 0 Å². The van der Waals surface area contributed by atoms with Gasteiger partial charge in [0.2, 0.25) is 15.3 Å². The Bertz CT molecular complexity index is 888. The molecule has 0 atom stereocenters. The molecule has 1 aliphatic heterocycles. The van der Waals surface area contributed by atoms with Crippen LogP contribution in [0, 0.1) is 6.92 Å². The monoisotopic (exact) mass is 396 g/mol. The normalized spacial score (nSPS) is 15.6. The van der Waals surface area contributed by atoms with Gasteiger partial charge in [0.1, 0.15) is 0 Å². The molecule has 0 bridgehead atoms. The van der Waals surface area contributed by atoms with Crippen LogP contribution in [0.2, 0.25) is 0 Å². The minimum Gasteiger partial charge on any atom is -0.450 e. The van der Waals surface area contributed by atoms with Crippen molar-refractivity contribution in [1.29, 1.82) is 0 Å². The molecule has 0 aliphatic carbocycles. The molecule has 0 unspecified atom stereocenters. The predicted octanol–water partition coefficient (Wildman–Crippen LogP) is 0.481. The number of aryl methyl sites for hydroxylation is 1. The first-order valence-electron chi connectivity index (χ1n) is 8.54. The quantitative estimate of drug-likeness (QED) is 0.732. The lowest BCUT2D eigenvalue weighted by atomic mass is 10.2. The third kappa shape index (κ3) is 4.37. The number of sulfonamides is 1. The highest BCUT2D eigenvalue weighted by Gasteiger charge is 2.32. The van der Waals surface area contributed by atoms with Crippen LogP contribution in [0.4, 0.5) is 10.7 Å². The Morgan fingerprint density at radius 2 is 1.93 bits per heavy atom. The van der Waals surface area contributed by atoms with Gasteiger partial charge >= 0.3 is 12.0 Å². The molecule has 0 spiro atoms. The third-order valence-electron chi connectivity index (χ3n) is 4.12. The molecule has 1 amide bonds. The zero-order chi connectivity index (χ0) is 19.4. The molecule has 11 heteroatoms. The van der Waals surface area contributed by atoms with Crippen molar-refractivity contribution in [3.63, 3.8) is 0 Å². The molecule has 1 saturated heterocycles. The standard InChI is InChI=1S/C16H21N5O5S/c1-3-25-16(22)17-15-12-21(18-26-15)19-8-10-20(11-9-19)27(23,24)14-6-4-13(2)5-7-14/h4-7,12H,3,8-11H2,1-2H3/p+1. The van der Waals surface area contributed by atoms with Crippen LogP contribution in [0.15, 0.2) is 39.9 Å². The minimum absolute atomic E-state index is 0.142. The molecule has 27 heavy (non-hydrogen) atoms. The number of nitrogens with one attached hydrogen (secondary N) is 1. The second kappa shape index (κ2) is 7.92. The second-order valence-electron chi connectivity index (χ2n) is 6.00. The van der Waals surface area contributed by atoms with Gasteiger partial charge in [-0.15, -0.1) is 0 Å². The number of carbonyl (C=O) groups is 1. The van der Waals surface area contributed by atoms with Crippen molar-refractivity contribution in [3.05, 3.63) is 36.0 Å². The van der Waals surface area contributed by atoms with Crippen molar-refractivity contribution >= 4 is 22.0 Å². The number of hydrogen-bond acceptors (Lipinski definition) is 7. The minimum atomic E-state index is -3.52. The number of piperazine rings is 1. The number of nitrogens with zero attached hydrogens (tertiary/aromatic N) is 4. The van der Waals surface area contributed by atoms with Crippen LogP contribution in [0.3, 0.4) is 0 Å². The molecule has 1 N–H and O–H groups in total. The van der Waals surface area contributed by atoms with Crippen molar-refractivity contribution in [3.8, 4) is 0 Å². The summed E-state index contributed by atoms with van der Waals surface area (Å²) >= 11 is 0. The van der Waals surface area contributed by atoms with E-state index in [1.165, 1.54) is 15.3 Å². The van der Waals surface area contributed by atoms with Gasteiger partial charge in [0.25, 0.3) is 6.20 Å². The third-order valence-corrected chi connectivity index (χ3v) is 6.03. The fourth-order valence-corrected chi connectivity index (χ4v) is 4.10. The van der Waals surface area contributed by atoms with Gasteiger partial charge in [-0.05, 0) is 26.0 Å². The van der Waals surface area contributed by atoms with Crippen LogP contribution in [0.25, 0.3) is 0 Å². The van der Waals surface area contributed by atoms with Crippen molar-refractivity contribution < 1.29 is 27.3 Å². The van der Waals surface area contributed by atoms with Crippen molar-refractivity contribution in [2.45, 2.75) is 18.7 Å². The molecule has 3 rings (SSSR count). The zero-order valence-corrected chi connectivity index (χ0v) is 16.0. The number of amides is 1. The van der Waals surface area contributed by atoms with Crippen molar-refractivity contribution in [2.24, 2.45) is 0 Å². The maximum absolute atomic E-state index is 12.7. The van der Waals surface area contributed by atoms with Crippen LogP contribution < -0.4 is 15.1 Å². The summed E-state index contributed by atoms with van der Waals surface area (Å²) in [7, 11) is -3.52. The summed E-state index contributed by atoms with van der Waals surface area (Å²) in [5.41, 5.74) is 1.01. The molecular formula is C16H22N5O5S+. The predicted molar refractivity (Wildman–Crippen MR) is 95.2 cm³/mol. The fraction of sp³-hybridized carbons (Fsp3) is 0.438. The van der Waals surface area contributed by atoms with Gasteiger partial charge in [0, 0.05) is 13.1 Å². The summed E-state index contributed by atoms with van der Waals surface area (Å²) in [5.74, 6) is 0.142. The SMILES string of the molecule is CCOC(=O)Nc1c[n+](N2CCN(S(=O)(=O)c3ccc(C)cc3)CC2)no1. The lowest BCUT2D eigenvalue weighted by Gasteiger charge is -2.29. The van der Waals surface area contributed by atoms with Crippen LogP contribution in [-0.2, 0) is 14.8 Å².